The zero-order valence-electron chi connectivity index (χ0n) is 16.7. The van der Waals surface area contributed by atoms with E-state index in [4.69, 9.17) is 16.6 Å². The van der Waals surface area contributed by atoms with Crippen LogP contribution in [-0.2, 0) is 16.6 Å². The fourth-order valence-electron chi connectivity index (χ4n) is 3.04. The number of primary amides is 1. The van der Waals surface area contributed by atoms with Gasteiger partial charge >= 0.3 is 17.7 Å². The van der Waals surface area contributed by atoms with Gasteiger partial charge in [0.1, 0.15) is 23.0 Å². The van der Waals surface area contributed by atoms with Crippen molar-refractivity contribution in [2.45, 2.75) is 41.0 Å². The molecule has 1 aromatic rings. The van der Waals surface area contributed by atoms with Gasteiger partial charge in [0.15, 0.2) is 6.04 Å². The van der Waals surface area contributed by atoms with Crippen LogP contribution >= 0.6 is 11.8 Å². The number of nitrogens with one attached hydrogen (secondary N) is 1. The SMILES string of the molecule is Cn1c(=NC(N)=O)ccn([C@@H]2S[C@H]([C@@H](O)[C@@H](NC(=O)[C@@H](N)CO)C(=O)O)[C@H](O)[C@H]2O)c1=O. The topological polar surface area (TPSA) is 256 Å². The summed E-state index contributed by atoms with van der Waals surface area (Å²) in [6.45, 7) is -0.770. The number of rotatable bonds is 7. The number of urea groups is 1. The Morgan fingerprint density at radius 1 is 1.31 bits per heavy atom. The lowest BCUT2D eigenvalue weighted by atomic mass is 10.00. The smallest absolute Gasteiger partial charge is 0.340 e. The molecule has 1 aliphatic rings. The number of carbonyl (C=O) groups is 3. The van der Waals surface area contributed by atoms with Gasteiger partial charge in [-0.3, -0.25) is 13.9 Å². The highest BCUT2D eigenvalue weighted by Gasteiger charge is 2.50. The lowest BCUT2D eigenvalue weighted by molar-refractivity contribution is -0.146. The molecule has 0 aromatic carbocycles. The highest BCUT2D eigenvalue weighted by molar-refractivity contribution is 8.00. The van der Waals surface area contributed by atoms with Crippen molar-refractivity contribution >= 4 is 29.7 Å². The van der Waals surface area contributed by atoms with Gasteiger partial charge in [-0.25, -0.2) is 14.4 Å². The summed E-state index contributed by atoms with van der Waals surface area (Å²) in [4.78, 5) is 50.5. The number of hydrogen-bond acceptors (Lipinski definition) is 10. The van der Waals surface area contributed by atoms with Crippen molar-refractivity contribution in [3.63, 3.8) is 0 Å². The second-order valence-electron chi connectivity index (χ2n) is 6.95. The van der Waals surface area contributed by atoms with Crippen molar-refractivity contribution < 1.29 is 39.9 Å². The Kier molecular flexibility index (Phi) is 8.16. The number of carboxylic acids is 1. The molecule has 0 spiro atoms. The van der Waals surface area contributed by atoms with E-state index in [0.29, 0.717) is 11.8 Å². The molecule has 10 N–H and O–H groups in total. The van der Waals surface area contributed by atoms with Crippen molar-refractivity contribution in [3.8, 4) is 0 Å². The van der Waals surface area contributed by atoms with E-state index in [-0.39, 0.29) is 5.49 Å². The molecule has 1 fully saturated rings. The van der Waals surface area contributed by atoms with E-state index in [1.165, 1.54) is 19.3 Å². The molecule has 7 atom stereocenters. The molecule has 15 nitrogen and oxygen atoms in total. The van der Waals surface area contributed by atoms with Crippen molar-refractivity contribution in [3.05, 3.63) is 28.2 Å². The molecule has 0 saturated carbocycles. The number of hydrogen-bond donors (Lipinski definition) is 8. The van der Waals surface area contributed by atoms with E-state index >= 15 is 0 Å². The maximum atomic E-state index is 12.6. The zero-order valence-corrected chi connectivity index (χ0v) is 17.5. The maximum Gasteiger partial charge on any atom is 0.340 e. The second kappa shape index (κ2) is 10.2. The molecular formula is C16H24N6O9S. The summed E-state index contributed by atoms with van der Waals surface area (Å²) in [7, 11) is 1.29. The molecule has 0 aliphatic carbocycles. The van der Waals surface area contributed by atoms with Gasteiger partial charge in [-0.05, 0) is 6.07 Å². The summed E-state index contributed by atoms with van der Waals surface area (Å²) >= 11 is 0.700. The molecule has 0 radical (unpaired) electrons. The van der Waals surface area contributed by atoms with Crippen LogP contribution in [0.5, 0.6) is 0 Å². The quantitative estimate of drug-likeness (QED) is 0.184. The number of thioether (sulfide) groups is 1. The number of aliphatic hydroxyl groups excluding tert-OH is 4. The molecule has 0 unspecified atom stereocenters. The van der Waals surface area contributed by atoms with Crippen molar-refractivity contribution in [1.29, 1.82) is 0 Å². The maximum absolute atomic E-state index is 12.6. The first-order valence-corrected chi connectivity index (χ1v) is 10.1. The highest BCUT2D eigenvalue weighted by atomic mass is 32.2. The number of amides is 3. The lowest BCUT2D eigenvalue weighted by Crippen LogP contribution is -2.57. The second-order valence-corrected chi connectivity index (χ2v) is 8.25. The van der Waals surface area contributed by atoms with Gasteiger partial charge in [-0.2, -0.15) is 4.99 Å². The minimum atomic E-state index is -1.93. The minimum Gasteiger partial charge on any atom is -0.480 e. The first-order valence-electron chi connectivity index (χ1n) is 9.12. The predicted molar refractivity (Wildman–Crippen MR) is 108 cm³/mol. The van der Waals surface area contributed by atoms with Crippen LogP contribution in [0.25, 0.3) is 0 Å². The fourth-order valence-corrected chi connectivity index (χ4v) is 4.61. The molecule has 2 heterocycles. The van der Waals surface area contributed by atoms with Crippen LogP contribution in [-0.4, -0.2) is 94.8 Å². The number of nitrogens with zero attached hydrogens (tertiary/aromatic N) is 3. The lowest BCUT2D eigenvalue weighted by Gasteiger charge is -2.27. The van der Waals surface area contributed by atoms with Crippen LogP contribution in [0.2, 0.25) is 0 Å². The Bertz CT molecular complexity index is 1010. The average Bonchev–Trinajstić information content (AvgIpc) is 3.02. The van der Waals surface area contributed by atoms with Gasteiger partial charge in [0.2, 0.25) is 5.91 Å². The predicted octanol–water partition coefficient (Wildman–Crippen LogP) is -5.25. The molecule has 16 heteroatoms. The Labute approximate surface area is 184 Å². The first kappa shape index (κ1) is 25.5. The van der Waals surface area contributed by atoms with Crippen LogP contribution in [0.4, 0.5) is 4.79 Å². The van der Waals surface area contributed by atoms with Gasteiger partial charge in [0.25, 0.3) is 0 Å². The summed E-state index contributed by atoms with van der Waals surface area (Å²) in [6.07, 6.45) is -4.02. The van der Waals surface area contributed by atoms with Crippen molar-refractivity contribution in [1.82, 2.24) is 14.5 Å². The Balaban J connectivity index is 2.34. The van der Waals surface area contributed by atoms with Gasteiger partial charge in [0.05, 0.1) is 24.1 Å². The molecule has 2 rings (SSSR count). The van der Waals surface area contributed by atoms with E-state index in [1.54, 1.807) is 0 Å². The van der Waals surface area contributed by atoms with Gasteiger partial charge in [0, 0.05) is 13.2 Å². The molecule has 1 aliphatic heterocycles. The van der Waals surface area contributed by atoms with E-state index < -0.39 is 71.2 Å². The van der Waals surface area contributed by atoms with Gasteiger partial charge in [-0.1, -0.05) is 0 Å². The summed E-state index contributed by atoms with van der Waals surface area (Å²) in [5.41, 5.74) is 9.49. The molecule has 1 aromatic heterocycles. The Morgan fingerprint density at radius 2 is 1.94 bits per heavy atom. The van der Waals surface area contributed by atoms with Crippen molar-refractivity contribution in [2.75, 3.05) is 6.61 Å². The first-order chi connectivity index (χ1) is 14.9. The zero-order chi connectivity index (χ0) is 24.3. The van der Waals surface area contributed by atoms with Crippen molar-refractivity contribution in [2.24, 2.45) is 23.5 Å². The minimum absolute atomic E-state index is 0.0674. The van der Waals surface area contributed by atoms with Crippen LogP contribution in [0.1, 0.15) is 5.37 Å². The third-order valence-corrected chi connectivity index (χ3v) is 6.44. The number of carbonyl (C=O) groups excluding carboxylic acids is 2. The van der Waals surface area contributed by atoms with Crippen LogP contribution in [0.3, 0.4) is 0 Å². The summed E-state index contributed by atoms with van der Waals surface area (Å²) in [6, 6.07) is -3.14. The number of aromatic nitrogens is 2. The van der Waals surface area contributed by atoms with E-state index in [9.17, 15) is 39.6 Å². The van der Waals surface area contributed by atoms with Gasteiger partial charge < -0.3 is 42.3 Å². The number of carboxylic acid groups (broad SMARTS) is 1. The van der Waals surface area contributed by atoms with E-state index in [1.807, 2.05) is 5.32 Å². The number of nitrogens with two attached hydrogens (primary N) is 2. The number of aliphatic carboxylic acids is 1. The molecule has 0 bridgehead atoms. The highest BCUT2D eigenvalue weighted by Crippen LogP contribution is 2.43. The van der Waals surface area contributed by atoms with E-state index in [0.717, 1.165) is 9.13 Å². The molecule has 3 amide bonds. The van der Waals surface area contributed by atoms with E-state index in [2.05, 4.69) is 4.99 Å². The molecule has 32 heavy (non-hydrogen) atoms. The molecule has 1 saturated heterocycles. The van der Waals surface area contributed by atoms with Crippen LogP contribution in [0.15, 0.2) is 22.1 Å². The third kappa shape index (κ3) is 5.17. The summed E-state index contributed by atoms with van der Waals surface area (Å²) < 4.78 is 1.96. The Morgan fingerprint density at radius 3 is 2.47 bits per heavy atom. The Hall–Kier alpha value is -2.76. The summed E-state index contributed by atoms with van der Waals surface area (Å²) in [5, 5.41) is 49.2. The molecule has 178 valence electrons. The monoisotopic (exact) mass is 476 g/mol. The molecular weight excluding hydrogens is 452 g/mol. The standard InChI is InChI=1S/C16H24N6O9S/c1-21-6(19-15(18)30)2-3-22(16(21)31)13-10(26)9(25)11(32-13)8(24)7(14(28)29)20-12(27)5(17)4-23/h2-3,5,7-11,13,23-26H,4,17H2,1H3,(H2,18,30)(H,20,27)(H,28,29)/t5-,7+,8-,9+,10+,11+,13+/m0/s1. The van der Waals surface area contributed by atoms with Crippen LogP contribution in [0, 0.1) is 0 Å². The van der Waals surface area contributed by atoms with Gasteiger partial charge in [-0.15, -0.1) is 11.8 Å². The largest absolute Gasteiger partial charge is 0.480 e. The van der Waals surface area contributed by atoms with Crippen LogP contribution < -0.4 is 28.0 Å². The normalized spacial score (nSPS) is 26.4. The third-order valence-electron chi connectivity index (χ3n) is 4.79. The average molecular weight is 476 g/mol. The number of aliphatic hydroxyl groups is 4. The summed E-state index contributed by atoms with van der Waals surface area (Å²) in [5.74, 6) is -2.70. The fraction of sp³-hybridized carbons (Fsp3) is 0.562.